The average molecular weight is 376 g/mol. The third-order valence-electron chi connectivity index (χ3n) is 5.16. The number of para-hydroxylation sites is 1. The minimum absolute atomic E-state index is 0.142. The Hall–Kier alpha value is -3.15. The molecule has 144 valence electrons. The second-order valence-corrected chi connectivity index (χ2v) is 7.03. The fourth-order valence-corrected chi connectivity index (χ4v) is 3.51. The molecule has 0 saturated carbocycles. The molecule has 1 amide bonds. The summed E-state index contributed by atoms with van der Waals surface area (Å²) in [5.74, 6) is 1.23. The predicted octanol–water partition coefficient (Wildman–Crippen LogP) is 3.33. The SMILES string of the molecule is Cc1ccccc1-c1noc(CCC(=O)N2CCN(c3ccccc3)CC2)n1. The minimum atomic E-state index is 0.142. The van der Waals surface area contributed by atoms with E-state index in [1.54, 1.807) is 0 Å². The van der Waals surface area contributed by atoms with E-state index in [2.05, 4.69) is 27.2 Å². The molecular weight excluding hydrogens is 352 g/mol. The summed E-state index contributed by atoms with van der Waals surface area (Å²) < 4.78 is 5.35. The molecule has 0 bridgehead atoms. The second kappa shape index (κ2) is 8.25. The molecule has 0 aliphatic carbocycles. The number of carbonyl (C=O) groups is 1. The topological polar surface area (TPSA) is 62.5 Å². The second-order valence-electron chi connectivity index (χ2n) is 7.03. The molecule has 0 atom stereocenters. The highest BCUT2D eigenvalue weighted by Gasteiger charge is 2.21. The van der Waals surface area contributed by atoms with Crippen LogP contribution in [-0.4, -0.2) is 47.1 Å². The van der Waals surface area contributed by atoms with E-state index in [0.717, 1.165) is 37.3 Å². The number of benzene rings is 2. The third-order valence-corrected chi connectivity index (χ3v) is 5.16. The van der Waals surface area contributed by atoms with E-state index in [4.69, 9.17) is 4.52 Å². The number of carbonyl (C=O) groups excluding carboxylic acids is 1. The van der Waals surface area contributed by atoms with Crippen LogP contribution >= 0.6 is 0 Å². The van der Waals surface area contributed by atoms with Crippen LogP contribution in [0.4, 0.5) is 5.69 Å². The van der Waals surface area contributed by atoms with Crippen molar-refractivity contribution in [3.8, 4) is 11.4 Å². The van der Waals surface area contributed by atoms with Gasteiger partial charge < -0.3 is 14.3 Å². The number of hydrogen-bond acceptors (Lipinski definition) is 5. The lowest BCUT2D eigenvalue weighted by atomic mass is 10.1. The highest BCUT2D eigenvalue weighted by atomic mass is 16.5. The highest BCUT2D eigenvalue weighted by molar-refractivity contribution is 5.76. The van der Waals surface area contributed by atoms with Crippen LogP contribution < -0.4 is 4.90 Å². The minimum Gasteiger partial charge on any atom is -0.368 e. The summed E-state index contributed by atoms with van der Waals surface area (Å²) in [7, 11) is 0. The van der Waals surface area contributed by atoms with E-state index in [1.165, 1.54) is 5.69 Å². The number of hydrogen-bond donors (Lipinski definition) is 0. The molecule has 2 heterocycles. The van der Waals surface area contributed by atoms with Gasteiger partial charge in [0.2, 0.25) is 17.6 Å². The molecule has 1 aromatic heterocycles. The van der Waals surface area contributed by atoms with Crippen molar-refractivity contribution in [1.82, 2.24) is 15.0 Å². The molecule has 0 N–H and O–H groups in total. The van der Waals surface area contributed by atoms with Gasteiger partial charge in [0.05, 0.1) is 0 Å². The molecule has 28 heavy (non-hydrogen) atoms. The van der Waals surface area contributed by atoms with Crippen LogP contribution in [0.2, 0.25) is 0 Å². The number of anilines is 1. The van der Waals surface area contributed by atoms with Crippen LogP contribution in [0.5, 0.6) is 0 Å². The van der Waals surface area contributed by atoms with E-state index in [9.17, 15) is 4.79 Å². The first-order chi connectivity index (χ1) is 13.7. The van der Waals surface area contributed by atoms with Gasteiger partial charge in [0.15, 0.2) is 0 Å². The van der Waals surface area contributed by atoms with Gasteiger partial charge in [-0.05, 0) is 24.6 Å². The Morgan fingerprint density at radius 2 is 1.71 bits per heavy atom. The zero-order valence-electron chi connectivity index (χ0n) is 16.0. The maximum atomic E-state index is 12.6. The summed E-state index contributed by atoms with van der Waals surface area (Å²) >= 11 is 0. The molecule has 0 radical (unpaired) electrons. The maximum absolute atomic E-state index is 12.6. The number of rotatable bonds is 5. The average Bonchev–Trinajstić information content (AvgIpc) is 3.22. The normalized spacial score (nSPS) is 14.3. The molecule has 0 unspecified atom stereocenters. The van der Waals surface area contributed by atoms with Crippen molar-refractivity contribution in [1.29, 1.82) is 0 Å². The van der Waals surface area contributed by atoms with Crippen molar-refractivity contribution < 1.29 is 9.32 Å². The molecular formula is C22H24N4O2. The molecule has 1 aliphatic heterocycles. The zero-order chi connectivity index (χ0) is 19.3. The van der Waals surface area contributed by atoms with Crippen molar-refractivity contribution in [2.45, 2.75) is 19.8 Å². The number of amides is 1. The van der Waals surface area contributed by atoms with Gasteiger partial charge >= 0.3 is 0 Å². The third kappa shape index (κ3) is 4.06. The predicted molar refractivity (Wildman–Crippen MR) is 108 cm³/mol. The van der Waals surface area contributed by atoms with Gasteiger partial charge in [-0.2, -0.15) is 4.98 Å². The van der Waals surface area contributed by atoms with Gasteiger partial charge in [-0.1, -0.05) is 47.6 Å². The molecule has 1 saturated heterocycles. The molecule has 0 spiro atoms. The number of aryl methyl sites for hydroxylation is 2. The largest absolute Gasteiger partial charge is 0.368 e. The lowest BCUT2D eigenvalue weighted by molar-refractivity contribution is -0.131. The first-order valence-electron chi connectivity index (χ1n) is 9.67. The van der Waals surface area contributed by atoms with Gasteiger partial charge in [-0.25, -0.2) is 0 Å². The van der Waals surface area contributed by atoms with Crippen molar-refractivity contribution in [3.05, 3.63) is 66.1 Å². The maximum Gasteiger partial charge on any atom is 0.227 e. The molecule has 4 rings (SSSR count). The summed E-state index contributed by atoms with van der Waals surface area (Å²) in [6, 6.07) is 18.3. The van der Waals surface area contributed by atoms with Crippen molar-refractivity contribution in [2.24, 2.45) is 0 Å². The molecule has 1 aliphatic rings. The summed E-state index contributed by atoms with van der Waals surface area (Å²) in [6.07, 6.45) is 0.858. The van der Waals surface area contributed by atoms with Gasteiger partial charge in [0.25, 0.3) is 0 Å². The van der Waals surface area contributed by atoms with Crippen LogP contribution in [0, 0.1) is 6.92 Å². The van der Waals surface area contributed by atoms with Gasteiger partial charge in [0, 0.05) is 50.3 Å². The van der Waals surface area contributed by atoms with Gasteiger partial charge in [-0.15, -0.1) is 0 Å². The Kier molecular flexibility index (Phi) is 5.37. The van der Waals surface area contributed by atoms with Crippen LogP contribution in [0.15, 0.2) is 59.1 Å². The number of nitrogens with zero attached hydrogens (tertiary/aromatic N) is 4. The molecule has 1 fully saturated rings. The first-order valence-corrected chi connectivity index (χ1v) is 9.67. The van der Waals surface area contributed by atoms with Crippen LogP contribution in [0.3, 0.4) is 0 Å². The Bertz CT molecular complexity index is 930. The van der Waals surface area contributed by atoms with Gasteiger partial charge in [0.1, 0.15) is 0 Å². The van der Waals surface area contributed by atoms with E-state index in [1.807, 2.05) is 54.3 Å². The quantitative estimate of drug-likeness (QED) is 0.684. The lowest BCUT2D eigenvalue weighted by Gasteiger charge is -2.36. The monoisotopic (exact) mass is 376 g/mol. The fourth-order valence-electron chi connectivity index (χ4n) is 3.51. The Morgan fingerprint density at radius 1 is 1.00 bits per heavy atom. The highest BCUT2D eigenvalue weighted by Crippen LogP contribution is 2.20. The van der Waals surface area contributed by atoms with Crippen LogP contribution in [0.1, 0.15) is 17.9 Å². The van der Waals surface area contributed by atoms with Crippen LogP contribution in [-0.2, 0) is 11.2 Å². The standard InChI is InChI=1S/C22H24N4O2/c1-17-7-5-6-10-19(17)22-23-20(28-24-22)11-12-21(27)26-15-13-25(14-16-26)18-8-3-2-4-9-18/h2-10H,11-16H2,1H3. The number of aromatic nitrogens is 2. The van der Waals surface area contributed by atoms with E-state index in [-0.39, 0.29) is 5.91 Å². The summed E-state index contributed by atoms with van der Waals surface area (Å²) in [4.78, 5) is 21.3. The van der Waals surface area contributed by atoms with E-state index in [0.29, 0.717) is 24.6 Å². The van der Waals surface area contributed by atoms with Crippen molar-refractivity contribution in [3.63, 3.8) is 0 Å². The summed E-state index contributed by atoms with van der Waals surface area (Å²) in [5, 5.41) is 4.06. The fraction of sp³-hybridized carbons (Fsp3) is 0.318. The van der Waals surface area contributed by atoms with Gasteiger partial charge in [-0.3, -0.25) is 4.79 Å². The summed E-state index contributed by atoms with van der Waals surface area (Å²) in [6.45, 7) is 5.21. The molecule has 6 nitrogen and oxygen atoms in total. The molecule has 6 heteroatoms. The Morgan fingerprint density at radius 3 is 2.46 bits per heavy atom. The number of piperazine rings is 1. The van der Waals surface area contributed by atoms with Crippen molar-refractivity contribution in [2.75, 3.05) is 31.1 Å². The zero-order valence-corrected chi connectivity index (χ0v) is 16.0. The first kappa shape index (κ1) is 18.2. The van der Waals surface area contributed by atoms with Crippen molar-refractivity contribution >= 4 is 11.6 Å². The van der Waals surface area contributed by atoms with E-state index >= 15 is 0 Å². The molecule has 2 aromatic carbocycles. The lowest BCUT2D eigenvalue weighted by Crippen LogP contribution is -2.48. The van der Waals surface area contributed by atoms with Crippen LogP contribution in [0.25, 0.3) is 11.4 Å². The summed E-state index contributed by atoms with van der Waals surface area (Å²) in [5.41, 5.74) is 3.27. The molecule has 3 aromatic rings. The Labute approximate surface area is 164 Å². The smallest absolute Gasteiger partial charge is 0.227 e. The van der Waals surface area contributed by atoms with E-state index < -0.39 is 0 Å². The Balaban J connectivity index is 1.29.